The van der Waals surface area contributed by atoms with Crippen molar-refractivity contribution in [3.8, 4) is 0 Å². The first-order chi connectivity index (χ1) is 9.04. The quantitative estimate of drug-likeness (QED) is 0.660. The molecule has 1 heterocycles. The van der Waals surface area contributed by atoms with Crippen LogP contribution in [0.15, 0.2) is 18.2 Å². The number of ether oxygens (including phenoxy) is 1. The number of amides is 1. The molecule has 1 aromatic rings. The van der Waals surface area contributed by atoms with Gasteiger partial charge >= 0.3 is 5.97 Å². The lowest BCUT2D eigenvalue weighted by Gasteiger charge is -2.18. The third-order valence-electron chi connectivity index (χ3n) is 3.27. The minimum absolute atomic E-state index is 0.241. The Morgan fingerprint density at radius 2 is 2.21 bits per heavy atom. The van der Waals surface area contributed by atoms with Crippen LogP contribution in [0.1, 0.15) is 16.8 Å². The Kier molecular flexibility index (Phi) is 3.95. The van der Waals surface area contributed by atoms with E-state index < -0.39 is 0 Å². The van der Waals surface area contributed by atoms with E-state index in [1.165, 1.54) is 7.11 Å². The van der Waals surface area contributed by atoms with Gasteiger partial charge in [-0.1, -0.05) is 17.7 Å². The van der Waals surface area contributed by atoms with Crippen LogP contribution in [0.5, 0.6) is 0 Å². The van der Waals surface area contributed by atoms with E-state index in [0.717, 1.165) is 0 Å². The summed E-state index contributed by atoms with van der Waals surface area (Å²) in [7, 11) is 1.35. The van der Waals surface area contributed by atoms with Crippen molar-refractivity contribution in [2.24, 2.45) is 5.92 Å². The van der Waals surface area contributed by atoms with E-state index in [-0.39, 0.29) is 17.8 Å². The highest BCUT2D eigenvalue weighted by Gasteiger charge is 2.33. The molecule has 2 N–H and O–H groups in total. The molecule has 2 rings (SSSR count). The molecular formula is C13H15ClN2O3. The summed E-state index contributed by atoms with van der Waals surface area (Å²) in [5, 5.41) is 0.325. The summed E-state index contributed by atoms with van der Waals surface area (Å²) in [5.74, 6) is -0.797. The molecule has 0 aliphatic carbocycles. The van der Waals surface area contributed by atoms with Crippen LogP contribution < -0.4 is 5.73 Å². The van der Waals surface area contributed by atoms with Crippen molar-refractivity contribution in [1.82, 2.24) is 4.90 Å². The summed E-state index contributed by atoms with van der Waals surface area (Å²) in [6, 6.07) is 4.95. The number of carbonyl (C=O) groups is 2. The molecule has 1 aromatic carbocycles. The van der Waals surface area contributed by atoms with Gasteiger partial charge in [-0.2, -0.15) is 0 Å². The topological polar surface area (TPSA) is 72.6 Å². The van der Waals surface area contributed by atoms with Crippen molar-refractivity contribution in [1.29, 1.82) is 0 Å². The number of nitrogen functional groups attached to an aromatic ring is 1. The molecule has 1 saturated heterocycles. The van der Waals surface area contributed by atoms with E-state index in [1.807, 2.05) is 0 Å². The molecule has 0 radical (unpaired) electrons. The summed E-state index contributed by atoms with van der Waals surface area (Å²) >= 11 is 6.01. The van der Waals surface area contributed by atoms with E-state index in [1.54, 1.807) is 23.1 Å². The third kappa shape index (κ3) is 2.66. The SMILES string of the molecule is COC(=O)C1CCN(C(=O)c2c(N)cccc2Cl)C1. The standard InChI is InChI=1S/C13H15ClN2O3/c1-19-13(18)8-5-6-16(7-8)12(17)11-9(14)3-2-4-10(11)15/h2-4,8H,5-7,15H2,1H3. The van der Waals surface area contributed by atoms with Gasteiger partial charge in [-0.3, -0.25) is 9.59 Å². The van der Waals surface area contributed by atoms with E-state index in [0.29, 0.717) is 35.8 Å². The van der Waals surface area contributed by atoms with Gasteiger partial charge in [-0.15, -0.1) is 0 Å². The molecule has 1 fully saturated rings. The summed E-state index contributed by atoms with van der Waals surface area (Å²) in [6.45, 7) is 0.847. The lowest BCUT2D eigenvalue weighted by Crippen LogP contribution is -2.31. The zero-order valence-electron chi connectivity index (χ0n) is 10.6. The maximum absolute atomic E-state index is 12.4. The van der Waals surface area contributed by atoms with Crippen LogP contribution in [-0.4, -0.2) is 37.0 Å². The number of nitrogens with two attached hydrogens (primary N) is 1. The summed E-state index contributed by atoms with van der Waals surface area (Å²) in [6.07, 6.45) is 0.600. The van der Waals surface area contributed by atoms with Crippen LogP contribution in [0.2, 0.25) is 5.02 Å². The van der Waals surface area contributed by atoms with Gasteiger partial charge in [-0.25, -0.2) is 0 Å². The Labute approximate surface area is 116 Å². The molecule has 1 unspecified atom stereocenters. The number of benzene rings is 1. The molecule has 1 aliphatic heterocycles. The molecule has 6 heteroatoms. The average Bonchev–Trinajstić information content (AvgIpc) is 2.87. The van der Waals surface area contributed by atoms with E-state index in [2.05, 4.69) is 4.74 Å². The van der Waals surface area contributed by atoms with Crippen LogP contribution in [-0.2, 0) is 9.53 Å². The highest BCUT2D eigenvalue weighted by atomic mass is 35.5. The Hall–Kier alpha value is -1.75. The largest absolute Gasteiger partial charge is 0.469 e. The van der Waals surface area contributed by atoms with Crippen LogP contribution in [0, 0.1) is 5.92 Å². The van der Waals surface area contributed by atoms with Crippen LogP contribution >= 0.6 is 11.6 Å². The minimum atomic E-state index is -0.289. The number of likely N-dealkylation sites (tertiary alicyclic amines) is 1. The molecule has 0 aromatic heterocycles. The Balaban J connectivity index is 2.16. The molecule has 1 amide bonds. The fraction of sp³-hybridized carbons (Fsp3) is 0.385. The molecule has 1 atom stereocenters. The summed E-state index contributed by atoms with van der Waals surface area (Å²) in [4.78, 5) is 25.4. The van der Waals surface area contributed by atoms with Gasteiger partial charge in [0.25, 0.3) is 5.91 Å². The number of halogens is 1. The van der Waals surface area contributed by atoms with E-state index >= 15 is 0 Å². The molecule has 5 nitrogen and oxygen atoms in total. The van der Waals surface area contributed by atoms with E-state index in [9.17, 15) is 9.59 Å². The summed E-state index contributed by atoms with van der Waals surface area (Å²) in [5.41, 5.74) is 6.43. The van der Waals surface area contributed by atoms with Crippen LogP contribution in [0.3, 0.4) is 0 Å². The zero-order valence-corrected chi connectivity index (χ0v) is 11.3. The lowest BCUT2D eigenvalue weighted by molar-refractivity contribution is -0.144. The molecule has 19 heavy (non-hydrogen) atoms. The molecule has 102 valence electrons. The first-order valence-corrected chi connectivity index (χ1v) is 6.33. The van der Waals surface area contributed by atoms with Gasteiger partial charge in [0.05, 0.1) is 23.6 Å². The van der Waals surface area contributed by atoms with Crippen LogP contribution in [0.4, 0.5) is 5.69 Å². The minimum Gasteiger partial charge on any atom is -0.469 e. The number of nitrogens with zero attached hydrogens (tertiary/aromatic N) is 1. The van der Waals surface area contributed by atoms with Crippen molar-refractivity contribution in [3.63, 3.8) is 0 Å². The molecule has 1 aliphatic rings. The number of esters is 1. The van der Waals surface area contributed by atoms with Crippen LogP contribution in [0.25, 0.3) is 0 Å². The van der Waals surface area contributed by atoms with Gasteiger partial charge in [-0.05, 0) is 18.6 Å². The maximum atomic E-state index is 12.4. The second kappa shape index (κ2) is 5.48. The predicted octanol–water partition coefficient (Wildman–Crippen LogP) is 1.56. The van der Waals surface area contributed by atoms with Crippen molar-refractivity contribution in [3.05, 3.63) is 28.8 Å². The number of rotatable bonds is 2. The Morgan fingerprint density at radius 3 is 2.84 bits per heavy atom. The third-order valence-corrected chi connectivity index (χ3v) is 3.58. The highest BCUT2D eigenvalue weighted by Crippen LogP contribution is 2.26. The van der Waals surface area contributed by atoms with E-state index in [4.69, 9.17) is 17.3 Å². The number of methoxy groups -OCH3 is 1. The number of hydrogen-bond acceptors (Lipinski definition) is 4. The Bertz CT molecular complexity index is 498. The number of hydrogen-bond donors (Lipinski definition) is 1. The fourth-order valence-electron chi connectivity index (χ4n) is 2.23. The fourth-order valence-corrected chi connectivity index (χ4v) is 2.49. The molecule has 0 bridgehead atoms. The number of anilines is 1. The van der Waals surface area contributed by atoms with Crippen molar-refractivity contribution < 1.29 is 14.3 Å². The van der Waals surface area contributed by atoms with Gasteiger partial charge < -0.3 is 15.4 Å². The van der Waals surface area contributed by atoms with Gasteiger partial charge in [0, 0.05) is 18.8 Å². The molecule has 0 saturated carbocycles. The molecule has 0 spiro atoms. The van der Waals surface area contributed by atoms with Crippen molar-refractivity contribution in [2.45, 2.75) is 6.42 Å². The smallest absolute Gasteiger partial charge is 0.310 e. The van der Waals surface area contributed by atoms with Crippen molar-refractivity contribution in [2.75, 3.05) is 25.9 Å². The predicted molar refractivity (Wildman–Crippen MR) is 71.9 cm³/mol. The highest BCUT2D eigenvalue weighted by molar-refractivity contribution is 6.34. The molecular weight excluding hydrogens is 268 g/mol. The second-order valence-corrected chi connectivity index (χ2v) is 4.87. The monoisotopic (exact) mass is 282 g/mol. The van der Waals surface area contributed by atoms with Gasteiger partial charge in [0.2, 0.25) is 0 Å². The lowest BCUT2D eigenvalue weighted by atomic mass is 10.1. The normalized spacial score (nSPS) is 18.4. The van der Waals surface area contributed by atoms with Crippen molar-refractivity contribution >= 4 is 29.2 Å². The van der Waals surface area contributed by atoms with Gasteiger partial charge in [0.15, 0.2) is 0 Å². The maximum Gasteiger partial charge on any atom is 0.310 e. The van der Waals surface area contributed by atoms with Gasteiger partial charge in [0.1, 0.15) is 0 Å². The first kappa shape index (κ1) is 13.7. The first-order valence-electron chi connectivity index (χ1n) is 5.95. The Morgan fingerprint density at radius 1 is 1.47 bits per heavy atom. The second-order valence-electron chi connectivity index (χ2n) is 4.46. The zero-order chi connectivity index (χ0) is 14.0. The average molecular weight is 283 g/mol. The summed E-state index contributed by atoms with van der Waals surface area (Å²) < 4.78 is 4.69. The number of carbonyl (C=O) groups excluding carboxylic acids is 2.